The number of hydrogen-bond donors (Lipinski definition) is 0. The van der Waals surface area contributed by atoms with Crippen LogP contribution in [0.25, 0.3) is 0 Å². The molecule has 0 bridgehead atoms. The van der Waals surface area contributed by atoms with E-state index in [4.69, 9.17) is 9.47 Å². The molecule has 0 aromatic carbocycles. The van der Waals surface area contributed by atoms with E-state index < -0.39 is 0 Å². The number of esters is 1. The van der Waals surface area contributed by atoms with Crippen LogP contribution in [0.15, 0.2) is 35.3 Å². The molecular formula is C16H24O4. The lowest BCUT2D eigenvalue weighted by Crippen LogP contribution is -2.01. The standard InChI is InChI=1S/C16H24O4/c1-18-14-11-8-7-10-13(16(14)20-3)9-5-4-6-12-15(17)19-2/h7-8,11H,4-6,9-10,12H2,1-3H3. The molecule has 1 aliphatic carbocycles. The predicted molar refractivity (Wildman–Crippen MR) is 78.0 cm³/mol. The van der Waals surface area contributed by atoms with Crippen LogP contribution >= 0.6 is 0 Å². The van der Waals surface area contributed by atoms with Crippen LogP contribution in [0, 0.1) is 0 Å². The Labute approximate surface area is 121 Å². The van der Waals surface area contributed by atoms with Gasteiger partial charge in [-0.1, -0.05) is 18.6 Å². The van der Waals surface area contributed by atoms with Crippen molar-refractivity contribution in [1.29, 1.82) is 0 Å². The summed E-state index contributed by atoms with van der Waals surface area (Å²) in [6.45, 7) is 0. The van der Waals surface area contributed by atoms with Gasteiger partial charge < -0.3 is 14.2 Å². The normalized spacial score (nSPS) is 14.7. The van der Waals surface area contributed by atoms with Gasteiger partial charge in [0.15, 0.2) is 11.5 Å². The zero-order chi connectivity index (χ0) is 14.8. The molecule has 112 valence electrons. The quantitative estimate of drug-likeness (QED) is 0.504. The van der Waals surface area contributed by atoms with Crippen molar-refractivity contribution in [3.8, 4) is 0 Å². The number of allylic oxidation sites excluding steroid dienone is 4. The van der Waals surface area contributed by atoms with Crippen molar-refractivity contribution in [2.45, 2.75) is 38.5 Å². The lowest BCUT2D eigenvalue weighted by atomic mass is 10.0. The highest BCUT2D eigenvalue weighted by molar-refractivity contribution is 5.68. The van der Waals surface area contributed by atoms with E-state index in [-0.39, 0.29) is 5.97 Å². The zero-order valence-corrected chi connectivity index (χ0v) is 12.6. The van der Waals surface area contributed by atoms with E-state index in [1.165, 1.54) is 12.7 Å². The summed E-state index contributed by atoms with van der Waals surface area (Å²) in [6, 6.07) is 0. The number of ether oxygens (including phenoxy) is 3. The largest absolute Gasteiger partial charge is 0.493 e. The average Bonchev–Trinajstić information content (AvgIpc) is 2.67. The number of hydrogen-bond acceptors (Lipinski definition) is 4. The van der Waals surface area contributed by atoms with E-state index in [0.717, 1.165) is 43.6 Å². The average molecular weight is 280 g/mol. The zero-order valence-electron chi connectivity index (χ0n) is 12.6. The Balaban J connectivity index is 2.47. The molecule has 0 N–H and O–H groups in total. The Morgan fingerprint density at radius 2 is 1.95 bits per heavy atom. The second-order valence-electron chi connectivity index (χ2n) is 4.64. The van der Waals surface area contributed by atoms with E-state index in [1.54, 1.807) is 14.2 Å². The monoisotopic (exact) mass is 280 g/mol. The maximum atomic E-state index is 11.0. The molecule has 0 heterocycles. The van der Waals surface area contributed by atoms with Gasteiger partial charge in [0.05, 0.1) is 21.3 Å². The van der Waals surface area contributed by atoms with Gasteiger partial charge in [-0.05, 0) is 37.3 Å². The Hall–Kier alpha value is -1.71. The topological polar surface area (TPSA) is 44.8 Å². The third kappa shape index (κ3) is 5.11. The van der Waals surface area contributed by atoms with Crippen molar-refractivity contribution in [1.82, 2.24) is 0 Å². The van der Waals surface area contributed by atoms with Gasteiger partial charge in [-0.15, -0.1) is 0 Å². The minimum atomic E-state index is -0.135. The second-order valence-corrected chi connectivity index (χ2v) is 4.64. The Kier molecular flexibility index (Phi) is 7.55. The molecule has 4 nitrogen and oxygen atoms in total. The molecule has 0 atom stereocenters. The molecule has 0 fully saturated rings. The first kappa shape index (κ1) is 16.3. The van der Waals surface area contributed by atoms with Crippen molar-refractivity contribution in [2.75, 3.05) is 21.3 Å². The first-order valence-corrected chi connectivity index (χ1v) is 6.97. The van der Waals surface area contributed by atoms with Crippen LogP contribution in [0.4, 0.5) is 0 Å². The van der Waals surface area contributed by atoms with E-state index in [0.29, 0.717) is 6.42 Å². The van der Waals surface area contributed by atoms with Gasteiger partial charge >= 0.3 is 5.97 Å². The van der Waals surface area contributed by atoms with Gasteiger partial charge in [0, 0.05) is 6.42 Å². The number of rotatable bonds is 8. The fourth-order valence-electron chi connectivity index (χ4n) is 2.22. The number of carbonyl (C=O) groups excluding carboxylic acids is 1. The molecule has 0 saturated heterocycles. The van der Waals surface area contributed by atoms with Gasteiger partial charge in [0.1, 0.15) is 0 Å². The van der Waals surface area contributed by atoms with Gasteiger partial charge in [-0.25, -0.2) is 0 Å². The predicted octanol–water partition coefficient (Wildman–Crippen LogP) is 3.50. The van der Waals surface area contributed by atoms with Crippen LogP contribution < -0.4 is 0 Å². The maximum absolute atomic E-state index is 11.0. The molecule has 0 unspecified atom stereocenters. The highest BCUT2D eigenvalue weighted by atomic mass is 16.5. The highest BCUT2D eigenvalue weighted by Crippen LogP contribution is 2.26. The maximum Gasteiger partial charge on any atom is 0.305 e. The van der Waals surface area contributed by atoms with Gasteiger partial charge in [0.2, 0.25) is 0 Å². The Bertz CT molecular complexity index is 405. The van der Waals surface area contributed by atoms with Crippen molar-refractivity contribution in [2.24, 2.45) is 0 Å². The number of methoxy groups -OCH3 is 3. The number of carbonyl (C=O) groups is 1. The van der Waals surface area contributed by atoms with Gasteiger partial charge in [0.25, 0.3) is 0 Å². The summed E-state index contributed by atoms with van der Waals surface area (Å²) in [6.07, 6.45) is 11.2. The van der Waals surface area contributed by atoms with Crippen molar-refractivity contribution in [3.05, 3.63) is 35.3 Å². The molecule has 0 aromatic heterocycles. The molecule has 20 heavy (non-hydrogen) atoms. The van der Waals surface area contributed by atoms with E-state index in [1.807, 2.05) is 12.2 Å². The molecule has 4 heteroatoms. The Morgan fingerprint density at radius 1 is 1.15 bits per heavy atom. The van der Waals surface area contributed by atoms with Crippen LogP contribution in [-0.2, 0) is 19.0 Å². The summed E-state index contributed by atoms with van der Waals surface area (Å²) in [4.78, 5) is 11.0. The van der Waals surface area contributed by atoms with Crippen LogP contribution in [0.1, 0.15) is 38.5 Å². The third-order valence-electron chi connectivity index (χ3n) is 3.30. The molecule has 1 rings (SSSR count). The summed E-state index contributed by atoms with van der Waals surface area (Å²) in [5.74, 6) is 1.47. The second kappa shape index (κ2) is 9.23. The lowest BCUT2D eigenvalue weighted by Gasteiger charge is -2.14. The molecular weight excluding hydrogens is 256 g/mol. The third-order valence-corrected chi connectivity index (χ3v) is 3.30. The molecule has 0 aliphatic heterocycles. The smallest absolute Gasteiger partial charge is 0.305 e. The first-order chi connectivity index (χ1) is 9.72. The van der Waals surface area contributed by atoms with Crippen LogP contribution in [0.5, 0.6) is 0 Å². The van der Waals surface area contributed by atoms with Crippen LogP contribution in [0.2, 0.25) is 0 Å². The van der Waals surface area contributed by atoms with Crippen LogP contribution in [-0.4, -0.2) is 27.3 Å². The SMILES string of the molecule is COC(=O)CCCCCC1=C(OC)C(OC)=CC=CC1. The highest BCUT2D eigenvalue weighted by Gasteiger charge is 2.14. The van der Waals surface area contributed by atoms with Crippen molar-refractivity contribution in [3.63, 3.8) is 0 Å². The summed E-state index contributed by atoms with van der Waals surface area (Å²) in [5.41, 5.74) is 1.24. The fraction of sp³-hybridized carbons (Fsp3) is 0.562. The van der Waals surface area contributed by atoms with Crippen molar-refractivity contribution < 1.29 is 19.0 Å². The summed E-state index contributed by atoms with van der Waals surface area (Å²) in [5, 5.41) is 0. The minimum absolute atomic E-state index is 0.135. The molecule has 0 amide bonds. The molecule has 1 aliphatic rings. The van der Waals surface area contributed by atoms with E-state index >= 15 is 0 Å². The van der Waals surface area contributed by atoms with E-state index in [2.05, 4.69) is 10.8 Å². The fourth-order valence-corrected chi connectivity index (χ4v) is 2.22. The lowest BCUT2D eigenvalue weighted by molar-refractivity contribution is -0.140. The van der Waals surface area contributed by atoms with Gasteiger partial charge in [-0.3, -0.25) is 4.79 Å². The van der Waals surface area contributed by atoms with E-state index in [9.17, 15) is 4.79 Å². The van der Waals surface area contributed by atoms with Gasteiger partial charge in [-0.2, -0.15) is 0 Å². The summed E-state index contributed by atoms with van der Waals surface area (Å²) >= 11 is 0. The number of unbranched alkanes of at least 4 members (excludes halogenated alkanes) is 2. The van der Waals surface area contributed by atoms with Crippen molar-refractivity contribution >= 4 is 5.97 Å². The summed E-state index contributed by atoms with van der Waals surface area (Å²) < 4.78 is 15.4. The molecule has 0 aromatic rings. The summed E-state index contributed by atoms with van der Waals surface area (Å²) in [7, 11) is 4.75. The Morgan fingerprint density at radius 3 is 2.60 bits per heavy atom. The molecule has 0 radical (unpaired) electrons. The van der Waals surface area contributed by atoms with Crippen LogP contribution in [0.3, 0.4) is 0 Å². The molecule has 0 spiro atoms. The molecule has 0 saturated carbocycles. The first-order valence-electron chi connectivity index (χ1n) is 6.97. The minimum Gasteiger partial charge on any atom is -0.493 e.